The van der Waals surface area contributed by atoms with Crippen molar-refractivity contribution < 1.29 is 14.6 Å². The minimum Gasteiger partial charge on any atom is -0.504 e. The molecule has 0 aliphatic carbocycles. The average molecular weight is 408 g/mol. The van der Waals surface area contributed by atoms with Gasteiger partial charge in [0.2, 0.25) is 5.75 Å². The Morgan fingerprint density at radius 3 is 2.60 bits per heavy atom. The van der Waals surface area contributed by atoms with Crippen LogP contribution in [0.1, 0.15) is 38.2 Å². The Morgan fingerprint density at radius 1 is 1.07 bits per heavy atom. The second-order valence-corrected chi connectivity index (χ2v) is 7.25. The number of pyridine rings is 1. The molecule has 0 aliphatic heterocycles. The first-order chi connectivity index (χ1) is 14.7. The molecule has 0 atom stereocenters. The van der Waals surface area contributed by atoms with Crippen LogP contribution < -0.4 is 15.0 Å². The summed E-state index contributed by atoms with van der Waals surface area (Å²) in [5.74, 6) is 0.472. The van der Waals surface area contributed by atoms with E-state index < -0.39 is 0 Å². The molecular weight excluding hydrogens is 378 g/mol. The third-order valence-corrected chi connectivity index (χ3v) is 5.00. The van der Waals surface area contributed by atoms with Crippen molar-refractivity contribution in [2.45, 2.75) is 45.8 Å². The van der Waals surface area contributed by atoms with E-state index in [-0.39, 0.29) is 23.7 Å². The maximum atomic E-state index is 13.1. The molecule has 30 heavy (non-hydrogen) atoms. The summed E-state index contributed by atoms with van der Waals surface area (Å²) in [6.45, 7) is 6.91. The zero-order chi connectivity index (χ0) is 21.3. The Balaban J connectivity index is 1.97. The Bertz CT molecular complexity index is 1040. The number of aryl methyl sites for hydroxylation is 1. The molecule has 0 radical (unpaired) electrons. The largest absolute Gasteiger partial charge is 0.504 e. The van der Waals surface area contributed by atoms with Crippen molar-refractivity contribution in [3.8, 4) is 17.2 Å². The SMILES string of the molecule is C=CCOc1c(O)c2ccc(OCc3ccccc3)cc2n(CCCCCC)c1=O. The molecule has 5 nitrogen and oxygen atoms in total. The van der Waals surface area contributed by atoms with Crippen LogP contribution in [0.3, 0.4) is 0 Å². The van der Waals surface area contributed by atoms with Crippen LogP contribution in [0.25, 0.3) is 10.9 Å². The van der Waals surface area contributed by atoms with E-state index >= 15 is 0 Å². The van der Waals surface area contributed by atoms with Crippen molar-refractivity contribution in [3.05, 3.63) is 77.1 Å². The van der Waals surface area contributed by atoms with Crippen LogP contribution in [0, 0.1) is 0 Å². The van der Waals surface area contributed by atoms with E-state index in [0.717, 1.165) is 31.2 Å². The molecule has 1 heterocycles. The monoisotopic (exact) mass is 407 g/mol. The fourth-order valence-electron chi connectivity index (χ4n) is 3.41. The number of rotatable bonds is 11. The smallest absolute Gasteiger partial charge is 0.297 e. The van der Waals surface area contributed by atoms with Gasteiger partial charge in [0.15, 0.2) is 5.75 Å². The third-order valence-electron chi connectivity index (χ3n) is 5.00. The van der Waals surface area contributed by atoms with Crippen LogP contribution in [0.5, 0.6) is 17.2 Å². The van der Waals surface area contributed by atoms with Gasteiger partial charge in [-0.05, 0) is 24.1 Å². The number of ether oxygens (including phenoxy) is 2. The van der Waals surface area contributed by atoms with Gasteiger partial charge in [-0.3, -0.25) is 4.79 Å². The summed E-state index contributed by atoms with van der Waals surface area (Å²) in [5, 5.41) is 11.2. The molecule has 0 aliphatic rings. The Labute approximate surface area is 177 Å². The number of unbranched alkanes of at least 4 members (excludes halogenated alkanes) is 3. The van der Waals surface area contributed by atoms with E-state index in [0.29, 0.717) is 29.8 Å². The molecule has 1 aromatic heterocycles. The van der Waals surface area contributed by atoms with Crippen LogP contribution in [-0.2, 0) is 13.2 Å². The van der Waals surface area contributed by atoms with Crippen LogP contribution in [0.15, 0.2) is 66.0 Å². The van der Waals surface area contributed by atoms with Crippen molar-refractivity contribution in [1.82, 2.24) is 4.57 Å². The summed E-state index contributed by atoms with van der Waals surface area (Å²) < 4.78 is 13.1. The Kier molecular flexibility index (Phi) is 7.55. The lowest BCUT2D eigenvalue weighted by Crippen LogP contribution is -2.23. The molecule has 0 saturated carbocycles. The average Bonchev–Trinajstić information content (AvgIpc) is 2.77. The highest BCUT2D eigenvalue weighted by molar-refractivity contribution is 5.88. The number of fused-ring (bicyclic) bond motifs is 1. The number of hydrogen-bond donors (Lipinski definition) is 1. The first kappa shape index (κ1) is 21.5. The first-order valence-corrected chi connectivity index (χ1v) is 10.5. The van der Waals surface area contributed by atoms with E-state index in [1.807, 2.05) is 36.4 Å². The maximum absolute atomic E-state index is 13.1. The van der Waals surface area contributed by atoms with Gasteiger partial charge < -0.3 is 19.1 Å². The van der Waals surface area contributed by atoms with Crippen LogP contribution >= 0.6 is 0 Å². The van der Waals surface area contributed by atoms with E-state index in [2.05, 4.69) is 13.5 Å². The summed E-state index contributed by atoms with van der Waals surface area (Å²) >= 11 is 0. The van der Waals surface area contributed by atoms with Crippen molar-refractivity contribution in [2.75, 3.05) is 6.61 Å². The fourth-order valence-corrected chi connectivity index (χ4v) is 3.41. The van der Waals surface area contributed by atoms with Crippen molar-refractivity contribution in [2.24, 2.45) is 0 Å². The Morgan fingerprint density at radius 2 is 1.87 bits per heavy atom. The number of hydrogen-bond acceptors (Lipinski definition) is 4. The second-order valence-electron chi connectivity index (χ2n) is 7.25. The van der Waals surface area contributed by atoms with Crippen LogP contribution in [-0.4, -0.2) is 16.3 Å². The normalized spacial score (nSPS) is 10.8. The van der Waals surface area contributed by atoms with E-state index in [1.165, 1.54) is 0 Å². The molecule has 0 bridgehead atoms. The summed E-state index contributed by atoms with van der Waals surface area (Å²) in [7, 11) is 0. The standard InChI is InChI=1S/C25H29NO4/c1-3-5-6-10-15-26-22-17-20(30-18-19-11-8-7-9-12-19)13-14-21(22)23(27)24(25(26)28)29-16-4-2/h4,7-9,11-14,17,27H,2-3,5-6,10,15-16,18H2,1H3. The van der Waals surface area contributed by atoms with E-state index in [4.69, 9.17) is 9.47 Å². The molecular formula is C25H29NO4. The molecule has 1 N–H and O–H groups in total. The lowest BCUT2D eigenvalue weighted by molar-refractivity contribution is 0.306. The molecule has 3 aromatic rings. The molecule has 3 rings (SSSR count). The maximum Gasteiger partial charge on any atom is 0.297 e. The lowest BCUT2D eigenvalue weighted by atomic mass is 10.1. The van der Waals surface area contributed by atoms with Gasteiger partial charge in [0.25, 0.3) is 5.56 Å². The minimum atomic E-state index is -0.335. The molecule has 0 spiro atoms. The van der Waals surface area contributed by atoms with Crippen LogP contribution in [0.4, 0.5) is 0 Å². The molecule has 0 amide bonds. The van der Waals surface area contributed by atoms with Gasteiger partial charge in [-0.1, -0.05) is 69.2 Å². The predicted octanol–water partition coefficient (Wildman–Crippen LogP) is 5.43. The third kappa shape index (κ3) is 5.03. The molecule has 158 valence electrons. The number of nitrogens with zero attached hydrogens (tertiary/aromatic N) is 1. The minimum absolute atomic E-state index is 0.0316. The molecule has 2 aromatic carbocycles. The lowest BCUT2D eigenvalue weighted by Gasteiger charge is -2.16. The van der Waals surface area contributed by atoms with Gasteiger partial charge in [0.05, 0.1) is 5.52 Å². The summed E-state index contributed by atoms with van der Waals surface area (Å²) in [6.07, 6.45) is 5.71. The van der Waals surface area contributed by atoms with E-state index in [9.17, 15) is 9.90 Å². The molecule has 0 fully saturated rings. The fraction of sp³-hybridized carbons (Fsp3) is 0.320. The van der Waals surface area contributed by atoms with E-state index in [1.54, 1.807) is 22.8 Å². The van der Waals surface area contributed by atoms with Crippen LogP contribution in [0.2, 0.25) is 0 Å². The molecule has 0 saturated heterocycles. The summed E-state index contributed by atoms with van der Waals surface area (Å²) in [5.41, 5.74) is 1.37. The highest BCUT2D eigenvalue weighted by atomic mass is 16.5. The summed E-state index contributed by atoms with van der Waals surface area (Å²) in [4.78, 5) is 13.1. The first-order valence-electron chi connectivity index (χ1n) is 10.5. The van der Waals surface area contributed by atoms with Crippen molar-refractivity contribution in [1.29, 1.82) is 0 Å². The van der Waals surface area contributed by atoms with Gasteiger partial charge in [-0.15, -0.1) is 0 Å². The van der Waals surface area contributed by atoms with Gasteiger partial charge in [0.1, 0.15) is 19.0 Å². The number of aromatic nitrogens is 1. The highest BCUT2D eigenvalue weighted by Crippen LogP contribution is 2.33. The van der Waals surface area contributed by atoms with Gasteiger partial charge in [0, 0.05) is 18.0 Å². The van der Waals surface area contributed by atoms with Gasteiger partial charge >= 0.3 is 0 Å². The predicted molar refractivity (Wildman–Crippen MR) is 120 cm³/mol. The van der Waals surface area contributed by atoms with Crippen molar-refractivity contribution >= 4 is 10.9 Å². The number of aromatic hydroxyl groups is 1. The zero-order valence-corrected chi connectivity index (χ0v) is 17.5. The summed E-state index contributed by atoms with van der Waals surface area (Å²) in [6, 6.07) is 15.3. The van der Waals surface area contributed by atoms with Crippen molar-refractivity contribution in [3.63, 3.8) is 0 Å². The number of benzene rings is 2. The molecule has 0 unspecified atom stereocenters. The quantitative estimate of drug-likeness (QED) is 0.340. The van der Waals surface area contributed by atoms with Gasteiger partial charge in [-0.2, -0.15) is 0 Å². The topological polar surface area (TPSA) is 60.7 Å². The molecule has 5 heteroatoms. The Hall–Kier alpha value is -3.21. The zero-order valence-electron chi connectivity index (χ0n) is 17.5. The highest BCUT2D eigenvalue weighted by Gasteiger charge is 2.18. The second kappa shape index (κ2) is 10.5. The van der Waals surface area contributed by atoms with Gasteiger partial charge in [-0.25, -0.2) is 0 Å².